The van der Waals surface area contributed by atoms with E-state index in [-0.39, 0.29) is 23.5 Å². The van der Waals surface area contributed by atoms with Crippen molar-refractivity contribution in [2.45, 2.75) is 31.3 Å². The highest BCUT2D eigenvalue weighted by atomic mass is 16.6. The third kappa shape index (κ3) is 5.24. The highest BCUT2D eigenvalue weighted by molar-refractivity contribution is 5.78. The number of nitrogens with zero attached hydrogens (tertiary/aromatic N) is 2. The highest BCUT2D eigenvalue weighted by Gasteiger charge is 2.23. The summed E-state index contributed by atoms with van der Waals surface area (Å²) in [6.07, 6.45) is 0.834. The van der Waals surface area contributed by atoms with Crippen molar-refractivity contribution in [1.82, 2.24) is 0 Å². The second kappa shape index (κ2) is 9.42. The number of hydrogen-bond donors (Lipinski definition) is 3. The number of nitrogens with two attached hydrogens (primary N) is 1. The van der Waals surface area contributed by atoms with Gasteiger partial charge in [0, 0.05) is 23.7 Å². The van der Waals surface area contributed by atoms with Crippen molar-refractivity contribution in [2.24, 2.45) is 5.73 Å². The molecule has 28 heavy (non-hydrogen) atoms. The van der Waals surface area contributed by atoms with Crippen LogP contribution in [0.25, 0.3) is 0 Å². The van der Waals surface area contributed by atoms with Gasteiger partial charge in [0.1, 0.15) is 11.7 Å². The fourth-order valence-corrected chi connectivity index (χ4v) is 2.86. The molecule has 2 aromatic rings. The van der Waals surface area contributed by atoms with E-state index in [0.717, 1.165) is 0 Å². The van der Waals surface area contributed by atoms with Crippen molar-refractivity contribution >= 4 is 23.0 Å². The SMILES string of the molecule is NC(CCCC(Nc1ccccc1[N+](=O)[O-])C(=O)O)c1ccccc1[N+](=O)[O-]. The van der Waals surface area contributed by atoms with Gasteiger partial charge in [-0.2, -0.15) is 0 Å². The van der Waals surface area contributed by atoms with E-state index in [1.54, 1.807) is 24.3 Å². The molecule has 2 aromatic carbocycles. The Balaban J connectivity index is 2.02. The minimum Gasteiger partial charge on any atom is -0.480 e. The Morgan fingerprint density at radius 2 is 1.57 bits per heavy atom. The summed E-state index contributed by atoms with van der Waals surface area (Å²) in [6.45, 7) is 0. The third-order valence-corrected chi connectivity index (χ3v) is 4.27. The zero-order valence-corrected chi connectivity index (χ0v) is 14.9. The fourth-order valence-electron chi connectivity index (χ4n) is 2.86. The Hall–Kier alpha value is -3.53. The van der Waals surface area contributed by atoms with E-state index in [4.69, 9.17) is 5.73 Å². The van der Waals surface area contributed by atoms with Gasteiger partial charge in [-0.1, -0.05) is 30.3 Å². The monoisotopic (exact) mass is 388 g/mol. The minimum absolute atomic E-state index is 0.0807. The van der Waals surface area contributed by atoms with Gasteiger partial charge in [0.15, 0.2) is 0 Å². The molecule has 2 atom stereocenters. The van der Waals surface area contributed by atoms with Gasteiger partial charge >= 0.3 is 5.97 Å². The lowest BCUT2D eigenvalue weighted by molar-refractivity contribution is -0.385. The number of carboxylic acids is 1. The van der Waals surface area contributed by atoms with Crippen LogP contribution in [0.2, 0.25) is 0 Å². The topological polar surface area (TPSA) is 162 Å². The summed E-state index contributed by atoms with van der Waals surface area (Å²) in [7, 11) is 0. The first-order valence-corrected chi connectivity index (χ1v) is 8.53. The van der Waals surface area contributed by atoms with E-state index in [1.807, 2.05) is 0 Å². The quantitative estimate of drug-likeness (QED) is 0.412. The molecule has 10 heteroatoms. The number of carboxylic acid groups (broad SMARTS) is 1. The summed E-state index contributed by atoms with van der Waals surface area (Å²) in [6, 6.07) is 10.2. The Bertz CT molecular complexity index is 873. The van der Waals surface area contributed by atoms with Crippen LogP contribution in [-0.4, -0.2) is 27.0 Å². The number of aliphatic carboxylic acids is 1. The van der Waals surface area contributed by atoms with E-state index in [0.29, 0.717) is 18.4 Å². The molecule has 0 amide bonds. The van der Waals surface area contributed by atoms with Crippen LogP contribution in [0.15, 0.2) is 48.5 Å². The fraction of sp³-hybridized carbons (Fsp3) is 0.278. The molecule has 2 unspecified atom stereocenters. The number of hydrogen-bond acceptors (Lipinski definition) is 7. The summed E-state index contributed by atoms with van der Waals surface area (Å²) in [5, 5.41) is 34.3. The maximum absolute atomic E-state index is 11.5. The van der Waals surface area contributed by atoms with E-state index in [1.165, 1.54) is 24.3 Å². The number of benzene rings is 2. The average Bonchev–Trinajstić information content (AvgIpc) is 2.67. The maximum atomic E-state index is 11.5. The number of anilines is 1. The Morgan fingerprint density at radius 1 is 1.00 bits per heavy atom. The summed E-state index contributed by atoms with van der Waals surface area (Å²) in [4.78, 5) is 32.6. The van der Waals surface area contributed by atoms with Crippen molar-refractivity contribution in [3.05, 3.63) is 74.3 Å². The second-order valence-corrected chi connectivity index (χ2v) is 6.16. The lowest BCUT2D eigenvalue weighted by atomic mass is 9.98. The van der Waals surface area contributed by atoms with Crippen LogP contribution < -0.4 is 11.1 Å². The predicted octanol–water partition coefficient (Wildman–Crippen LogP) is 3.24. The largest absolute Gasteiger partial charge is 0.480 e. The molecule has 0 heterocycles. The molecule has 0 aliphatic heterocycles. The van der Waals surface area contributed by atoms with Gasteiger partial charge in [0.25, 0.3) is 11.4 Å². The van der Waals surface area contributed by atoms with Gasteiger partial charge in [-0.05, 0) is 25.3 Å². The smallest absolute Gasteiger partial charge is 0.326 e. The Morgan fingerprint density at radius 3 is 2.18 bits per heavy atom. The number of nitro groups is 2. The second-order valence-electron chi connectivity index (χ2n) is 6.16. The third-order valence-electron chi connectivity index (χ3n) is 4.27. The van der Waals surface area contributed by atoms with Crippen LogP contribution in [0, 0.1) is 20.2 Å². The molecular formula is C18H20N4O6. The van der Waals surface area contributed by atoms with E-state index >= 15 is 0 Å². The van der Waals surface area contributed by atoms with Crippen LogP contribution in [0.4, 0.5) is 17.1 Å². The van der Waals surface area contributed by atoms with Crippen LogP contribution in [0.1, 0.15) is 30.9 Å². The summed E-state index contributed by atoms with van der Waals surface area (Å²) in [5.74, 6) is -1.16. The molecule has 0 fully saturated rings. The minimum atomic E-state index is -1.16. The molecule has 0 saturated carbocycles. The first kappa shape index (κ1) is 20.8. The van der Waals surface area contributed by atoms with Gasteiger partial charge in [-0.15, -0.1) is 0 Å². The van der Waals surface area contributed by atoms with Crippen molar-refractivity contribution in [3.63, 3.8) is 0 Å². The number of para-hydroxylation sites is 3. The molecular weight excluding hydrogens is 368 g/mol. The number of rotatable bonds is 10. The number of carbonyl (C=O) groups is 1. The molecule has 0 spiro atoms. The molecule has 148 valence electrons. The summed E-state index contributed by atoms with van der Waals surface area (Å²) >= 11 is 0. The van der Waals surface area contributed by atoms with Crippen molar-refractivity contribution < 1.29 is 19.7 Å². The van der Waals surface area contributed by atoms with Gasteiger partial charge < -0.3 is 16.2 Å². The zero-order valence-electron chi connectivity index (χ0n) is 14.9. The lowest BCUT2D eigenvalue weighted by Crippen LogP contribution is -2.29. The molecule has 0 aliphatic carbocycles. The summed E-state index contributed by atoms with van der Waals surface area (Å²) < 4.78 is 0. The summed E-state index contributed by atoms with van der Waals surface area (Å²) in [5.41, 5.74) is 6.25. The average molecular weight is 388 g/mol. The van der Waals surface area contributed by atoms with Crippen LogP contribution >= 0.6 is 0 Å². The van der Waals surface area contributed by atoms with E-state index in [2.05, 4.69) is 5.32 Å². The van der Waals surface area contributed by atoms with Crippen LogP contribution in [0.3, 0.4) is 0 Å². The van der Waals surface area contributed by atoms with Crippen molar-refractivity contribution in [3.8, 4) is 0 Å². The number of nitro benzene ring substituents is 2. The first-order chi connectivity index (χ1) is 13.3. The molecule has 2 rings (SSSR count). The van der Waals surface area contributed by atoms with Gasteiger partial charge in [0.05, 0.1) is 9.85 Å². The molecule has 0 saturated heterocycles. The van der Waals surface area contributed by atoms with E-state index < -0.39 is 27.9 Å². The molecule has 4 N–H and O–H groups in total. The van der Waals surface area contributed by atoms with Crippen molar-refractivity contribution in [1.29, 1.82) is 0 Å². The van der Waals surface area contributed by atoms with E-state index in [9.17, 15) is 30.1 Å². The Labute approximate surface area is 160 Å². The van der Waals surface area contributed by atoms with Crippen LogP contribution in [0.5, 0.6) is 0 Å². The van der Waals surface area contributed by atoms with Crippen molar-refractivity contribution in [2.75, 3.05) is 5.32 Å². The first-order valence-electron chi connectivity index (χ1n) is 8.53. The zero-order chi connectivity index (χ0) is 20.7. The van der Waals surface area contributed by atoms with Gasteiger partial charge in [-0.25, -0.2) is 4.79 Å². The number of nitrogens with one attached hydrogen (secondary N) is 1. The molecule has 0 aromatic heterocycles. The predicted molar refractivity (Wildman–Crippen MR) is 102 cm³/mol. The van der Waals surface area contributed by atoms with Crippen LogP contribution in [-0.2, 0) is 4.79 Å². The maximum Gasteiger partial charge on any atom is 0.326 e. The van der Waals surface area contributed by atoms with Gasteiger partial charge in [-0.3, -0.25) is 20.2 Å². The van der Waals surface area contributed by atoms with Gasteiger partial charge in [0.2, 0.25) is 0 Å². The highest BCUT2D eigenvalue weighted by Crippen LogP contribution is 2.28. The lowest BCUT2D eigenvalue weighted by Gasteiger charge is -2.17. The molecule has 10 nitrogen and oxygen atoms in total. The normalized spacial score (nSPS) is 12.8. The Kier molecular flexibility index (Phi) is 6.99. The molecule has 0 aliphatic rings. The molecule has 0 bridgehead atoms. The standard InChI is InChI=1S/C18H20N4O6/c19-13(12-6-1-3-10-16(12)21(25)26)7-5-9-15(18(23)24)20-14-8-2-4-11-17(14)22(27)28/h1-4,6,8,10-11,13,15,20H,5,7,9,19H2,(H,23,24). The molecule has 0 radical (unpaired) electrons.